The molecule has 4 aromatic rings. The molecule has 0 aliphatic carbocycles. The van der Waals surface area contributed by atoms with Gasteiger partial charge < -0.3 is 34.5 Å². The zero-order valence-electron chi connectivity index (χ0n) is 20.3. The predicted octanol–water partition coefficient (Wildman–Crippen LogP) is 7.08. The lowest BCUT2D eigenvalue weighted by Crippen LogP contribution is -2.39. The van der Waals surface area contributed by atoms with Crippen LogP contribution in [-0.4, -0.2) is 14.5 Å². The second-order valence-electron chi connectivity index (χ2n) is 8.10. The number of nitrogens with one attached hydrogen (secondary N) is 1. The third kappa shape index (κ3) is 14.2. The third-order valence-corrected chi connectivity index (χ3v) is 5.17. The number of aromatic nitrogens is 2. The monoisotopic (exact) mass is 540 g/mol. The Morgan fingerprint density at radius 3 is 1.53 bits per heavy atom. The lowest BCUT2D eigenvalue weighted by molar-refractivity contribution is -0.703. The summed E-state index contributed by atoms with van der Waals surface area (Å²) in [4.78, 5) is 3.11. The Bertz CT molecular complexity index is 1180. The van der Waals surface area contributed by atoms with Crippen LogP contribution in [0.2, 0.25) is 0 Å². The summed E-state index contributed by atoms with van der Waals surface area (Å²) in [5.41, 5.74) is 6.66. The van der Waals surface area contributed by atoms with Gasteiger partial charge in [0, 0.05) is 37.1 Å². The topological polar surface area (TPSA) is 18.0 Å². The Labute approximate surface area is 216 Å². The first-order valence-corrected chi connectivity index (χ1v) is 11.7. The summed E-state index contributed by atoms with van der Waals surface area (Å²) in [5, 5.41) is 0. The highest BCUT2D eigenvalue weighted by molar-refractivity contribution is 6.50. The van der Waals surface area contributed by atoms with E-state index in [1.807, 2.05) is 12.4 Å². The van der Waals surface area contributed by atoms with Crippen LogP contribution in [0.5, 0.6) is 0 Å². The summed E-state index contributed by atoms with van der Waals surface area (Å²) >= 11 is 0. The van der Waals surface area contributed by atoms with Gasteiger partial charge >= 0.3 is 14.5 Å². The van der Waals surface area contributed by atoms with E-state index in [2.05, 4.69) is 101 Å². The summed E-state index contributed by atoms with van der Waals surface area (Å²) in [6, 6.07) is 30.3. The summed E-state index contributed by atoms with van der Waals surface area (Å²) in [7, 11) is -12.0. The van der Waals surface area contributed by atoms with Crippen molar-refractivity contribution < 1.29 is 44.1 Å². The van der Waals surface area contributed by atoms with Crippen molar-refractivity contribution in [3.8, 4) is 11.1 Å². The standard InChI is InChI=1S/C26H25N2.2BF4/c1-3-7-22(8-4-1)11-12-26-21-25(24-13-17-27-18-14-24)16-20-28(26)19-15-23-9-5-2-6-10-23;2*2-1(3,4)5/h1-10,13-14,16-18,20-21H,11-12,15,19H2;;/q+1;2*-1/p+1. The fourth-order valence-corrected chi connectivity index (χ4v) is 3.58. The van der Waals surface area contributed by atoms with Gasteiger partial charge in [-0.25, -0.2) is 9.55 Å². The lowest BCUT2D eigenvalue weighted by Gasteiger charge is -2.08. The fourth-order valence-electron chi connectivity index (χ4n) is 3.58. The molecule has 4 rings (SSSR count). The minimum atomic E-state index is -6.00. The van der Waals surface area contributed by atoms with Gasteiger partial charge in [-0.1, -0.05) is 60.7 Å². The number of aryl methyl sites for hydroxylation is 4. The molecule has 0 aliphatic heterocycles. The highest BCUT2D eigenvalue weighted by Gasteiger charge is 2.21. The molecule has 0 spiro atoms. The van der Waals surface area contributed by atoms with Gasteiger partial charge in [0.25, 0.3) is 0 Å². The van der Waals surface area contributed by atoms with Crippen molar-refractivity contribution in [2.75, 3.05) is 0 Å². The number of aromatic amines is 1. The van der Waals surface area contributed by atoms with E-state index in [1.165, 1.54) is 27.9 Å². The van der Waals surface area contributed by atoms with Crippen LogP contribution in [0.1, 0.15) is 16.8 Å². The predicted molar refractivity (Wildman–Crippen MR) is 133 cm³/mol. The van der Waals surface area contributed by atoms with Crippen LogP contribution in [0.15, 0.2) is 104 Å². The maximum atomic E-state index is 9.75. The van der Waals surface area contributed by atoms with E-state index in [9.17, 15) is 34.5 Å². The summed E-state index contributed by atoms with van der Waals surface area (Å²) in [6.45, 7) is 0.997. The molecule has 0 atom stereocenters. The van der Waals surface area contributed by atoms with E-state index in [-0.39, 0.29) is 0 Å². The van der Waals surface area contributed by atoms with E-state index in [4.69, 9.17) is 0 Å². The fraction of sp³-hybridized carbons (Fsp3) is 0.154. The van der Waals surface area contributed by atoms with Gasteiger partial charge in [-0.3, -0.25) is 0 Å². The molecule has 2 aromatic carbocycles. The van der Waals surface area contributed by atoms with Crippen LogP contribution >= 0.6 is 0 Å². The van der Waals surface area contributed by atoms with Crippen molar-refractivity contribution in [3.63, 3.8) is 0 Å². The summed E-state index contributed by atoms with van der Waals surface area (Å²) in [6.07, 6.45) is 9.34. The maximum absolute atomic E-state index is 9.75. The number of benzene rings is 2. The minimum Gasteiger partial charge on any atom is -0.418 e. The van der Waals surface area contributed by atoms with Crippen molar-refractivity contribution in [1.82, 2.24) is 0 Å². The molecule has 2 aromatic heterocycles. The Balaban J connectivity index is 0.000000435. The zero-order valence-corrected chi connectivity index (χ0v) is 20.3. The first kappa shape index (κ1) is 30.5. The van der Waals surface area contributed by atoms with E-state index >= 15 is 0 Å². The normalized spacial score (nSPS) is 11.1. The van der Waals surface area contributed by atoms with Gasteiger partial charge in [0.15, 0.2) is 30.8 Å². The SMILES string of the molecule is F[B-](F)(F)F.F[B-](F)(F)F.c1ccc(CCc2cc(-c3cc[nH+]cc3)cc[n+]2CCc2ccccc2)cc1. The minimum absolute atomic E-state index is 0.997. The van der Waals surface area contributed by atoms with Crippen LogP contribution in [-0.2, 0) is 25.8 Å². The molecule has 0 saturated carbocycles. The van der Waals surface area contributed by atoms with Gasteiger partial charge in [-0.15, -0.1) is 0 Å². The number of pyridine rings is 2. The molecule has 0 aliphatic rings. The van der Waals surface area contributed by atoms with Crippen LogP contribution in [0.3, 0.4) is 0 Å². The first-order chi connectivity index (χ1) is 17.9. The average Bonchev–Trinajstić information content (AvgIpc) is 2.86. The smallest absolute Gasteiger partial charge is 0.418 e. The van der Waals surface area contributed by atoms with E-state index < -0.39 is 14.5 Å². The molecular weight excluding hydrogens is 514 g/mol. The van der Waals surface area contributed by atoms with Crippen LogP contribution in [0.25, 0.3) is 11.1 Å². The number of H-pyrrole nitrogens is 1. The van der Waals surface area contributed by atoms with Crippen LogP contribution in [0.4, 0.5) is 34.5 Å². The number of halogens is 8. The summed E-state index contributed by atoms with van der Waals surface area (Å²) in [5.74, 6) is 0. The largest absolute Gasteiger partial charge is 0.673 e. The zero-order chi connectivity index (χ0) is 28.0. The molecule has 0 radical (unpaired) electrons. The third-order valence-electron chi connectivity index (χ3n) is 5.17. The first-order valence-electron chi connectivity index (χ1n) is 11.7. The Morgan fingerprint density at radius 2 is 1.03 bits per heavy atom. The maximum Gasteiger partial charge on any atom is 0.673 e. The highest BCUT2D eigenvalue weighted by Crippen LogP contribution is 2.18. The number of hydrogen-bond acceptors (Lipinski definition) is 0. The second kappa shape index (κ2) is 14.9. The van der Waals surface area contributed by atoms with Gasteiger partial charge in [0.2, 0.25) is 0 Å². The molecule has 12 heteroatoms. The van der Waals surface area contributed by atoms with Crippen molar-refractivity contribution >= 4 is 14.5 Å². The molecule has 2 heterocycles. The lowest BCUT2D eigenvalue weighted by atomic mass is 10.0. The quantitative estimate of drug-likeness (QED) is 0.136. The Morgan fingerprint density at radius 1 is 0.553 bits per heavy atom. The number of rotatable bonds is 7. The number of nitrogens with zero attached hydrogens (tertiary/aromatic N) is 1. The van der Waals surface area contributed by atoms with E-state index in [0.29, 0.717) is 0 Å². The van der Waals surface area contributed by atoms with Gasteiger partial charge in [-0.05, 0) is 28.7 Å². The molecule has 202 valence electrons. The molecule has 1 N–H and O–H groups in total. The molecule has 0 saturated heterocycles. The van der Waals surface area contributed by atoms with Gasteiger partial charge in [0.05, 0.1) is 0 Å². The molecule has 0 bridgehead atoms. The number of hydrogen-bond donors (Lipinski definition) is 0. The van der Waals surface area contributed by atoms with Crippen molar-refractivity contribution in [1.29, 1.82) is 0 Å². The molecule has 0 fully saturated rings. The van der Waals surface area contributed by atoms with E-state index in [0.717, 1.165) is 25.8 Å². The Hall–Kier alpha value is -3.69. The summed E-state index contributed by atoms with van der Waals surface area (Å²) < 4.78 is 80.4. The van der Waals surface area contributed by atoms with Crippen LogP contribution < -0.4 is 9.55 Å². The second-order valence-corrected chi connectivity index (χ2v) is 8.10. The van der Waals surface area contributed by atoms with E-state index in [1.54, 1.807) is 0 Å². The molecule has 38 heavy (non-hydrogen) atoms. The van der Waals surface area contributed by atoms with Crippen molar-refractivity contribution in [2.45, 2.75) is 25.8 Å². The van der Waals surface area contributed by atoms with Crippen molar-refractivity contribution in [3.05, 3.63) is 120 Å². The molecule has 0 unspecified atom stereocenters. The van der Waals surface area contributed by atoms with Crippen molar-refractivity contribution in [2.24, 2.45) is 0 Å². The van der Waals surface area contributed by atoms with Gasteiger partial charge in [-0.2, -0.15) is 0 Å². The Kier molecular flexibility index (Phi) is 12.0. The highest BCUT2D eigenvalue weighted by atomic mass is 19.5. The molecule has 2 nitrogen and oxygen atoms in total. The molecular formula is C26H26B2F8N2. The van der Waals surface area contributed by atoms with Crippen LogP contribution in [0, 0.1) is 0 Å². The van der Waals surface area contributed by atoms with Gasteiger partial charge in [0.1, 0.15) is 0 Å². The molecule has 0 amide bonds. The average molecular weight is 540 g/mol.